The number of hydrogen-bond acceptors (Lipinski definition) is 0. The largest absolute Gasteiger partial charge is 0.0725 e. The van der Waals surface area contributed by atoms with E-state index in [-0.39, 0.29) is 0 Å². The van der Waals surface area contributed by atoms with Crippen LogP contribution in [0.1, 0.15) is 22.3 Å². The lowest BCUT2D eigenvalue weighted by Crippen LogP contribution is -2.26. The van der Waals surface area contributed by atoms with Gasteiger partial charge in [-0.05, 0) is 173 Å². The molecule has 0 atom stereocenters. The van der Waals surface area contributed by atoms with Crippen molar-refractivity contribution < 1.29 is 0 Å². The maximum absolute atomic E-state index is 2.57. The third kappa shape index (κ3) is 3.96. The molecule has 2 aliphatic carbocycles. The molecule has 0 saturated carbocycles. The van der Waals surface area contributed by atoms with E-state index in [0.717, 1.165) is 0 Å². The first-order valence-electron chi connectivity index (χ1n) is 21.5. The Morgan fingerprint density at radius 2 is 0.672 bits per heavy atom. The van der Waals surface area contributed by atoms with Crippen molar-refractivity contribution in [2.75, 3.05) is 0 Å². The van der Waals surface area contributed by atoms with Gasteiger partial charge < -0.3 is 0 Å². The van der Waals surface area contributed by atoms with Crippen LogP contribution < -0.4 is 0 Å². The van der Waals surface area contributed by atoms with Crippen LogP contribution in [0.2, 0.25) is 0 Å². The first-order valence-corrected chi connectivity index (χ1v) is 21.5. The fourth-order valence-electron chi connectivity index (χ4n) is 12.2. The van der Waals surface area contributed by atoms with Crippen molar-refractivity contribution in [1.82, 2.24) is 0 Å². The Kier molecular flexibility index (Phi) is 5.93. The van der Waals surface area contributed by atoms with Gasteiger partial charge in [0.15, 0.2) is 0 Å². The van der Waals surface area contributed by atoms with Crippen LogP contribution in [0.4, 0.5) is 0 Å². The molecule has 0 nitrogen and oxygen atoms in total. The summed E-state index contributed by atoms with van der Waals surface area (Å²) in [5.74, 6) is 0. The van der Waals surface area contributed by atoms with Crippen molar-refractivity contribution in [3.05, 3.63) is 229 Å². The predicted molar refractivity (Wildman–Crippen MR) is 259 cm³/mol. The van der Waals surface area contributed by atoms with Crippen LogP contribution in [0.3, 0.4) is 0 Å². The second kappa shape index (κ2) is 11.3. The van der Waals surface area contributed by atoms with Crippen LogP contribution in [0.25, 0.3) is 120 Å². The van der Waals surface area contributed by atoms with Crippen LogP contribution in [0.15, 0.2) is 206 Å². The highest BCUT2D eigenvalue weighted by Gasteiger charge is 2.51. The zero-order valence-electron chi connectivity index (χ0n) is 33.1. The monoisotopic (exact) mass is 766 g/mol. The van der Waals surface area contributed by atoms with E-state index in [4.69, 9.17) is 0 Å². The molecule has 0 radical (unpaired) electrons. The Balaban J connectivity index is 1.01. The summed E-state index contributed by atoms with van der Waals surface area (Å²) in [6.07, 6.45) is 0. The molecular weight excluding hydrogens is 733 g/mol. The SMILES string of the molecule is c1ccc2c(c1)-c1ccccc1C21c2cc(-c3cc4ccc5cccc6ccc(c3)c4c56)ccc2-c2cc3cccc(-c4ccc5ccc6cccc7ccc4c5c67)c3cc21. The molecule has 0 amide bonds. The highest BCUT2D eigenvalue weighted by atomic mass is 14.5. The van der Waals surface area contributed by atoms with Crippen molar-refractivity contribution in [3.63, 3.8) is 0 Å². The van der Waals surface area contributed by atoms with Gasteiger partial charge in [-0.25, -0.2) is 0 Å². The van der Waals surface area contributed by atoms with Crippen LogP contribution in [-0.4, -0.2) is 0 Å². The molecule has 0 heterocycles. The lowest BCUT2D eigenvalue weighted by Gasteiger charge is -2.31. The summed E-state index contributed by atoms with van der Waals surface area (Å²) in [7, 11) is 0. The lowest BCUT2D eigenvalue weighted by molar-refractivity contribution is 0.795. The molecule has 0 saturated heterocycles. The van der Waals surface area contributed by atoms with Crippen LogP contribution >= 0.6 is 0 Å². The van der Waals surface area contributed by atoms with Crippen molar-refractivity contribution in [1.29, 1.82) is 0 Å². The Morgan fingerprint density at radius 1 is 0.213 bits per heavy atom. The highest BCUT2D eigenvalue weighted by Crippen LogP contribution is 2.64. The molecule has 13 aromatic carbocycles. The molecule has 2 aliphatic rings. The van der Waals surface area contributed by atoms with E-state index < -0.39 is 5.41 Å². The van der Waals surface area contributed by atoms with Crippen LogP contribution in [-0.2, 0) is 5.41 Å². The molecule has 0 unspecified atom stereocenters. The second-order valence-corrected chi connectivity index (χ2v) is 17.5. The van der Waals surface area contributed by atoms with E-state index in [1.54, 1.807) is 0 Å². The van der Waals surface area contributed by atoms with Gasteiger partial charge in [0.05, 0.1) is 5.41 Å². The van der Waals surface area contributed by atoms with Gasteiger partial charge in [0.1, 0.15) is 0 Å². The van der Waals surface area contributed by atoms with Gasteiger partial charge >= 0.3 is 0 Å². The zero-order valence-corrected chi connectivity index (χ0v) is 33.1. The molecule has 0 bridgehead atoms. The molecule has 278 valence electrons. The van der Waals surface area contributed by atoms with Gasteiger partial charge in [0.25, 0.3) is 0 Å². The summed E-state index contributed by atoms with van der Waals surface area (Å²) >= 11 is 0. The topological polar surface area (TPSA) is 0 Å². The fraction of sp³-hybridized carbons (Fsp3) is 0.0164. The van der Waals surface area contributed by atoms with Crippen molar-refractivity contribution in [2.24, 2.45) is 0 Å². The maximum Gasteiger partial charge on any atom is 0.0725 e. The van der Waals surface area contributed by atoms with E-state index in [1.165, 1.54) is 142 Å². The summed E-state index contributed by atoms with van der Waals surface area (Å²) in [5.41, 5.74) is 15.3. The highest BCUT2D eigenvalue weighted by molar-refractivity contribution is 6.27. The molecule has 0 N–H and O–H groups in total. The van der Waals surface area contributed by atoms with Crippen molar-refractivity contribution >= 4 is 75.4 Å². The minimum absolute atomic E-state index is 0.478. The molecule has 61 heavy (non-hydrogen) atoms. The van der Waals surface area contributed by atoms with Gasteiger partial charge in [0.2, 0.25) is 0 Å². The molecule has 0 aliphatic heterocycles. The van der Waals surface area contributed by atoms with Crippen molar-refractivity contribution in [3.8, 4) is 44.5 Å². The molecule has 0 aromatic heterocycles. The third-order valence-corrected chi connectivity index (χ3v) is 14.7. The van der Waals surface area contributed by atoms with E-state index in [1.807, 2.05) is 0 Å². The maximum atomic E-state index is 2.57. The third-order valence-electron chi connectivity index (χ3n) is 14.7. The smallest absolute Gasteiger partial charge is 0.0619 e. The first-order chi connectivity index (χ1) is 30.2. The Bertz CT molecular complexity index is 3920. The number of rotatable bonds is 2. The molecule has 0 fully saturated rings. The van der Waals surface area contributed by atoms with Gasteiger partial charge in [-0.2, -0.15) is 0 Å². The summed E-state index contributed by atoms with van der Waals surface area (Å²) in [4.78, 5) is 0. The summed E-state index contributed by atoms with van der Waals surface area (Å²) < 4.78 is 0. The van der Waals surface area contributed by atoms with Crippen molar-refractivity contribution in [2.45, 2.75) is 5.41 Å². The minimum atomic E-state index is -0.478. The van der Waals surface area contributed by atoms with E-state index in [9.17, 15) is 0 Å². The molecular formula is C61H34. The van der Waals surface area contributed by atoms with Gasteiger partial charge in [-0.3, -0.25) is 0 Å². The molecule has 13 aromatic rings. The van der Waals surface area contributed by atoms with E-state index in [0.29, 0.717) is 0 Å². The predicted octanol–water partition coefficient (Wildman–Crippen LogP) is 16.3. The Hall–Kier alpha value is -7.80. The summed E-state index contributed by atoms with van der Waals surface area (Å²) in [6.45, 7) is 0. The van der Waals surface area contributed by atoms with Crippen LogP contribution in [0, 0.1) is 0 Å². The first kappa shape index (κ1) is 32.1. The Labute approximate surface area is 352 Å². The fourth-order valence-corrected chi connectivity index (χ4v) is 12.2. The lowest BCUT2D eigenvalue weighted by atomic mass is 9.70. The normalized spacial score (nSPS) is 13.7. The standard InChI is InChI=1S/C61H34/c1-3-16-53-47(13-1)48-14-2-4-17-54(48)61(53)55-33-40(44-30-42-22-20-35-8-5-9-36-21-23-43(31-44)59(42)57(35)36)26-28-49(55)52-32-41-12-7-15-45(51(41)34-56(52)61)46-27-24-39-19-18-37-10-6-11-38-25-29-50(46)60(39)58(37)38/h1-34H. The quantitative estimate of drug-likeness (QED) is 0.154. The van der Waals surface area contributed by atoms with Gasteiger partial charge in [-0.15, -0.1) is 0 Å². The molecule has 0 heteroatoms. The Morgan fingerprint density at radius 3 is 1.36 bits per heavy atom. The molecule has 1 spiro atoms. The van der Waals surface area contributed by atoms with E-state index >= 15 is 0 Å². The average Bonchev–Trinajstić information content (AvgIpc) is 3.78. The average molecular weight is 767 g/mol. The van der Waals surface area contributed by atoms with Gasteiger partial charge in [0, 0.05) is 0 Å². The van der Waals surface area contributed by atoms with Crippen LogP contribution in [0.5, 0.6) is 0 Å². The zero-order chi connectivity index (χ0) is 39.6. The number of benzene rings is 13. The number of hydrogen-bond donors (Lipinski definition) is 0. The molecule has 15 rings (SSSR count). The van der Waals surface area contributed by atoms with E-state index in [2.05, 4.69) is 206 Å². The minimum Gasteiger partial charge on any atom is -0.0619 e. The number of fused-ring (bicyclic) bond motifs is 11. The summed E-state index contributed by atoms with van der Waals surface area (Å²) in [6, 6.07) is 78.9. The van der Waals surface area contributed by atoms with Gasteiger partial charge in [-0.1, -0.05) is 176 Å². The second-order valence-electron chi connectivity index (χ2n) is 17.5. The summed E-state index contributed by atoms with van der Waals surface area (Å²) in [5, 5.41) is 18.3.